The number of ether oxygens (including phenoxy) is 1. The Labute approximate surface area is 104 Å². The average molecular weight is 258 g/mol. The zero-order valence-electron chi connectivity index (χ0n) is 9.45. The standard InChI is InChI=1S/C12H13ClFNO2/c1-17-9-4-5-15(7-9)12(16)10-3-2-8(14)6-11(10)13/h2-3,6,9H,4-5,7H2,1H3. The normalized spacial score (nSPS) is 19.7. The number of rotatable bonds is 2. The number of carbonyl (C=O) groups is 1. The van der Waals surface area contributed by atoms with Gasteiger partial charge in [-0.15, -0.1) is 0 Å². The van der Waals surface area contributed by atoms with Crippen LogP contribution >= 0.6 is 11.6 Å². The third-order valence-electron chi connectivity index (χ3n) is 2.93. The molecule has 1 aromatic carbocycles. The van der Waals surface area contributed by atoms with Gasteiger partial charge in [0, 0.05) is 20.2 Å². The second-order valence-electron chi connectivity index (χ2n) is 4.02. The Kier molecular flexibility index (Phi) is 3.64. The number of halogens is 2. The van der Waals surface area contributed by atoms with Crippen LogP contribution in [-0.2, 0) is 4.74 Å². The maximum absolute atomic E-state index is 12.9. The predicted octanol–water partition coefficient (Wildman–Crippen LogP) is 2.34. The van der Waals surface area contributed by atoms with Crippen LogP contribution in [0.15, 0.2) is 18.2 Å². The molecule has 0 bridgehead atoms. The number of benzene rings is 1. The van der Waals surface area contributed by atoms with Crippen molar-refractivity contribution in [2.24, 2.45) is 0 Å². The molecule has 0 radical (unpaired) electrons. The van der Waals surface area contributed by atoms with E-state index in [-0.39, 0.29) is 17.0 Å². The average Bonchev–Trinajstić information content (AvgIpc) is 2.76. The van der Waals surface area contributed by atoms with Crippen LogP contribution in [0.2, 0.25) is 5.02 Å². The van der Waals surface area contributed by atoms with E-state index in [1.165, 1.54) is 12.1 Å². The molecular formula is C12H13ClFNO2. The summed E-state index contributed by atoms with van der Waals surface area (Å²) in [5, 5.41) is 0.149. The van der Waals surface area contributed by atoms with Gasteiger partial charge in [-0.25, -0.2) is 4.39 Å². The fourth-order valence-corrected chi connectivity index (χ4v) is 2.19. The number of likely N-dealkylation sites (tertiary alicyclic amines) is 1. The first-order valence-corrected chi connectivity index (χ1v) is 5.76. The largest absolute Gasteiger partial charge is 0.380 e. The van der Waals surface area contributed by atoms with Gasteiger partial charge in [-0.05, 0) is 24.6 Å². The topological polar surface area (TPSA) is 29.5 Å². The maximum atomic E-state index is 12.9. The minimum Gasteiger partial charge on any atom is -0.380 e. The van der Waals surface area contributed by atoms with E-state index in [1.807, 2.05) is 0 Å². The molecule has 0 saturated carbocycles. The monoisotopic (exact) mass is 257 g/mol. The van der Waals surface area contributed by atoms with Gasteiger partial charge in [-0.2, -0.15) is 0 Å². The van der Waals surface area contributed by atoms with E-state index in [1.54, 1.807) is 12.0 Å². The van der Waals surface area contributed by atoms with Gasteiger partial charge in [0.1, 0.15) is 5.82 Å². The molecule has 0 aliphatic carbocycles. The molecule has 0 aromatic heterocycles. The van der Waals surface area contributed by atoms with Gasteiger partial charge in [0.15, 0.2) is 0 Å². The molecule has 1 saturated heterocycles. The SMILES string of the molecule is COC1CCN(C(=O)c2ccc(F)cc2Cl)C1. The number of carbonyl (C=O) groups excluding carboxylic acids is 1. The molecular weight excluding hydrogens is 245 g/mol. The van der Waals surface area contributed by atoms with Crippen molar-refractivity contribution in [1.29, 1.82) is 0 Å². The quantitative estimate of drug-likeness (QED) is 0.814. The summed E-state index contributed by atoms with van der Waals surface area (Å²) in [7, 11) is 1.63. The van der Waals surface area contributed by atoms with E-state index in [2.05, 4.69) is 0 Å². The molecule has 1 atom stereocenters. The number of methoxy groups -OCH3 is 1. The molecule has 5 heteroatoms. The molecule has 3 nitrogen and oxygen atoms in total. The second kappa shape index (κ2) is 5.02. The first kappa shape index (κ1) is 12.3. The van der Waals surface area contributed by atoms with Crippen molar-refractivity contribution in [2.45, 2.75) is 12.5 Å². The van der Waals surface area contributed by atoms with Gasteiger partial charge in [0.2, 0.25) is 0 Å². The van der Waals surface area contributed by atoms with E-state index in [0.717, 1.165) is 12.5 Å². The Hall–Kier alpha value is -1.13. The lowest BCUT2D eigenvalue weighted by Gasteiger charge is -2.16. The van der Waals surface area contributed by atoms with Crippen LogP contribution in [0.25, 0.3) is 0 Å². The molecule has 17 heavy (non-hydrogen) atoms. The Balaban J connectivity index is 2.15. The van der Waals surface area contributed by atoms with E-state index in [4.69, 9.17) is 16.3 Å². The van der Waals surface area contributed by atoms with Crippen LogP contribution < -0.4 is 0 Å². The highest BCUT2D eigenvalue weighted by molar-refractivity contribution is 6.33. The van der Waals surface area contributed by atoms with Crippen molar-refractivity contribution >= 4 is 17.5 Å². The molecule has 1 aromatic rings. The van der Waals surface area contributed by atoms with Crippen LogP contribution in [0.4, 0.5) is 4.39 Å². The number of hydrogen-bond donors (Lipinski definition) is 0. The highest BCUT2D eigenvalue weighted by Gasteiger charge is 2.27. The van der Waals surface area contributed by atoms with Crippen LogP contribution in [0, 0.1) is 5.82 Å². The summed E-state index contributed by atoms with van der Waals surface area (Å²) >= 11 is 5.85. The highest BCUT2D eigenvalue weighted by Crippen LogP contribution is 2.21. The summed E-state index contributed by atoms with van der Waals surface area (Å²) < 4.78 is 18.1. The van der Waals surface area contributed by atoms with Gasteiger partial charge in [-0.1, -0.05) is 11.6 Å². The van der Waals surface area contributed by atoms with Crippen LogP contribution in [-0.4, -0.2) is 37.1 Å². The van der Waals surface area contributed by atoms with Gasteiger partial charge < -0.3 is 9.64 Å². The first-order valence-electron chi connectivity index (χ1n) is 5.39. The maximum Gasteiger partial charge on any atom is 0.255 e. The number of hydrogen-bond acceptors (Lipinski definition) is 2. The molecule has 1 fully saturated rings. The van der Waals surface area contributed by atoms with Crippen LogP contribution in [0.1, 0.15) is 16.8 Å². The predicted molar refractivity (Wildman–Crippen MR) is 62.7 cm³/mol. The summed E-state index contributed by atoms with van der Waals surface area (Å²) in [6.07, 6.45) is 0.902. The highest BCUT2D eigenvalue weighted by atomic mass is 35.5. The first-order chi connectivity index (χ1) is 8.11. The van der Waals surface area contributed by atoms with E-state index < -0.39 is 5.82 Å². The number of amides is 1. The molecule has 0 N–H and O–H groups in total. The van der Waals surface area contributed by atoms with E-state index in [9.17, 15) is 9.18 Å². The lowest BCUT2D eigenvalue weighted by atomic mass is 10.2. The number of nitrogens with zero attached hydrogens (tertiary/aromatic N) is 1. The lowest BCUT2D eigenvalue weighted by Crippen LogP contribution is -2.30. The molecule has 1 aliphatic rings. The molecule has 1 heterocycles. The summed E-state index contributed by atoms with van der Waals surface area (Å²) in [6.45, 7) is 1.20. The van der Waals surface area contributed by atoms with Gasteiger partial charge in [0.25, 0.3) is 5.91 Å². The molecule has 1 aliphatic heterocycles. The minimum atomic E-state index is -0.442. The Morgan fingerprint density at radius 2 is 2.35 bits per heavy atom. The van der Waals surface area contributed by atoms with Crippen molar-refractivity contribution in [1.82, 2.24) is 4.90 Å². The minimum absolute atomic E-state index is 0.0816. The zero-order chi connectivity index (χ0) is 12.4. The van der Waals surface area contributed by atoms with Gasteiger partial charge in [-0.3, -0.25) is 4.79 Å². The Bertz CT molecular complexity index is 439. The Morgan fingerprint density at radius 1 is 1.59 bits per heavy atom. The Morgan fingerprint density at radius 3 is 2.94 bits per heavy atom. The smallest absolute Gasteiger partial charge is 0.255 e. The summed E-state index contributed by atoms with van der Waals surface area (Å²) in [5.41, 5.74) is 0.338. The summed E-state index contributed by atoms with van der Waals surface area (Å²) in [5.74, 6) is -0.614. The fourth-order valence-electron chi connectivity index (χ4n) is 1.94. The van der Waals surface area contributed by atoms with Crippen molar-refractivity contribution in [3.63, 3.8) is 0 Å². The molecule has 2 rings (SSSR count). The van der Waals surface area contributed by atoms with Gasteiger partial charge >= 0.3 is 0 Å². The summed E-state index contributed by atoms with van der Waals surface area (Å²) in [4.78, 5) is 13.8. The van der Waals surface area contributed by atoms with Gasteiger partial charge in [0.05, 0.1) is 16.7 Å². The third-order valence-corrected chi connectivity index (χ3v) is 3.24. The fraction of sp³-hybridized carbons (Fsp3) is 0.417. The second-order valence-corrected chi connectivity index (χ2v) is 4.43. The molecule has 0 spiro atoms. The van der Waals surface area contributed by atoms with Crippen LogP contribution in [0.3, 0.4) is 0 Å². The van der Waals surface area contributed by atoms with Crippen LogP contribution in [0.5, 0.6) is 0 Å². The van der Waals surface area contributed by atoms with Crippen molar-refractivity contribution in [3.05, 3.63) is 34.6 Å². The van der Waals surface area contributed by atoms with E-state index in [0.29, 0.717) is 18.7 Å². The lowest BCUT2D eigenvalue weighted by molar-refractivity contribution is 0.0724. The summed E-state index contributed by atoms with van der Waals surface area (Å²) in [6, 6.07) is 3.81. The van der Waals surface area contributed by atoms with Crippen molar-refractivity contribution in [3.8, 4) is 0 Å². The molecule has 1 amide bonds. The van der Waals surface area contributed by atoms with Crippen molar-refractivity contribution in [2.75, 3.05) is 20.2 Å². The zero-order valence-corrected chi connectivity index (χ0v) is 10.2. The van der Waals surface area contributed by atoms with E-state index >= 15 is 0 Å². The van der Waals surface area contributed by atoms with Crippen molar-refractivity contribution < 1.29 is 13.9 Å². The molecule has 1 unspecified atom stereocenters. The molecule has 92 valence electrons. The third kappa shape index (κ3) is 2.58.